The molecule has 0 unspecified atom stereocenters. The zero-order chi connectivity index (χ0) is 24.8. The van der Waals surface area contributed by atoms with Crippen LogP contribution in [0.5, 0.6) is 0 Å². The van der Waals surface area contributed by atoms with Gasteiger partial charge in [0.2, 0.25) is 0 Å². The van der Waals surface area contributed by atoms with Gasteiger partial charge in [-0.15, -0.1) is 0 Å². The third-order valence-electron chi connectivity index (χ3n) is 7.57. The van der Waals surface area contributed by atoms with Crippen molar-refractivity contribution in [1.29, 1.82) is 0 Å². The van der Waals surface area contributed by atoms with Gasteiger partial charge in [-0.25, -0.2) is 18.4 Å². The topological polar surface area (TPSA) is 50.9 Å². The van der Waals surface area contributed by atoms with Crippen molar-refractivity contribution in [3.63, 3.8) is 0 Å². The molecule has 2 aromatic heterocycles. The van der Waals surface area contributed by atoms with Crippen LogP contribution in [0.3, 0.4) is 0 Å². The average molecular weight is 489 g/mol. The first-order chi connectivity index (χ1) is 17.5. The van der Waals surface area contributed by atoms with Crippen molar-refractivity contribution in [3.8, 4) is 28.3 Å². The summed E-state index contributed by atoms with van der Waals surface area (Å²) < 4.78 is 31.9. The van der Waals surface area contributed by atoms with E-state index in [1.807, 2.05) is 16.9 Å². The summed E-state index contributed by atoms with van der Waals surface area (Å²) in [5.74, 6) is 0.181. The lowest BCUT2D eigenvalue weighted by molar-refractivity contribution is 0.456. The first kappa shape index (κ1) is 22.9. The van der Waals surface area contributed by atoms with Crippen LogP contribution in [0.15, 0.2) is 55.0 Å². The number of rotatable bonds is 6. The Bertz CT molecular complexity index is 1410. The summed E-state index contributed by atoms with van der Waals surface area (Å²) in [7, 11) is 0. The predicted octanol–water partition coefficient (Wildman–Crippen LogP) is 5.26. The fraction of sp³-hybridized carbons (Fsp3) is 0.357. The second-order valence-corrected chi connectivity index (χ2v) is 9.99. The Balaban J connectivity index is 1.31. The average Bonchev–Trinajstić information content (AvgIpc) is 3.61. The van der Waals surface area contributed by atoms with E-state index in [2.05, 4.69) is 56.9 Å². The van der Waals surface area contributed by atoms with Crippen LogP contribution in [0.2, 0.25) is 0 Å². The van der Waals surface area contributed by atoms with Crippen LogP contribution < -0.4 is 10.2 Å². The molecule has 2 aliphatic heterocycles. The maximum absolute atomic E-state index is 14.5. The highest BCUT2D eigenvalue weighted by atomic mass is 19.1. The fourth-order valence-corrected chi connectivity index (χ4v) is 5.32. The zero-order valence-corrected chi connectivity index (χ0v) is 20.6. The third kappa shape index (κ3) is 4.09. The normalized spacial score (nSPS) is 17.4. The van der Waals surface area contributed by atoms with Gasteiger partial charge >= 0.3 is 0 Å². The molecule has 0 aliphatic carbocycles. The summed E-state index contributed by atoms with van der Waals surface area (Å²) >= 11 is 0. The molecule has 2 aliphatic rings. The molecule has 4 heterocycles. The molecule has 1 N–H and O–H groups in total. The van der Waals surface area contributed by atoms with E-state index in [0.29, 0.717) is 35.5 Å². The van der Waals surface area contributed by atoms with Crippen molar-refractivity contribution in [3.05, 3.63) is 72.2 Å². The third-order valence-corrected chi connectivity index (χ3v) is 7.57. The molecule has 0 radical (unpaired) electrons. The summed E-state index contributed by atoms with van der Waals surface area (Å²) in [5, 5.41) is 8.15. The molecule has 0 bridgehead atoms. The van der Waals surface area contributed by atoms with Crippen molar-refractivity contribution in [1.82, 2.24) is 24.6 Å². The molecule has 2 atom stereocenters. The Morgan fingerprint density at radius 1 is 1.14 bits per heavy atom. The van der Waals surface area contributed by atoms with Gasteiger partial charge < -0.3 is 14.8 Å². The standard InChI is InChI=1S/C28H30F2N6/c1-3-18(2)31-13-19-8-9-34(14-19)23-5-7-26-21(10-23)16-35-15-20(24-6-4-22(29)12-25(24)30)11-27(35)28-32-17-33-36(26)28/h4-7,10-12,15,17-19,31H,3,8-9,13-14,16H2,1-2H3/t18-,19+/m1/s1. The van der Waals surface area contributed by atoms with Crippen LogP contribution in [0, 0.1) is 17.6 Å². The second kappa shape index (κ2) is 9.17. The number of fused-ring (bicyclic) bond motifs is 5. The summed E-state index contributed by atoms with van der Waals surface area (Å²) in [6.07, 6.45) is 5.78. The number of hydrogen-bond donors (Lipinski definition) is 1. The van der Waals surface area contributed by atoms with Gasteiger partial charge in [-0.2, -0.15) is 5.10 Å². The van der Waals surface area contributed by atoms with E-state index in [1.165, 1.54) is 24.2 Å². The number of nitrogens with zero attached hydrogens (tertiary/aromatic N) is 5. The molecule has 6 rings (SSSR count). The molecular weight excluding hydrogens is 458 g/mol. The Morgan fingerprint density at radius 3 is 2.86 bits per heavy atom. The first-order valence-corrected chi connectivity index (χ1v) is 12.7. The minimum Gasteiger partial charge on any atom is -0.371 e. The predicted molar refractivity (Wildman–Crippen MR) is 137 cm³/mol. The molecular formula is C28H30F2N6. The fourth-order valence-electron chi connectivity index (χ4n) is 5.32. The van der Waals surface area contributed by atoms with Crippen LogP contribution in [0.25, 0.3) is 28.3 Å². The van der Waals surface area contributed by atoms with E-state index in [9.17, 15) is 8.78 Å². The highest BCUT2D eigenvalue weighted by molar-refractivity contribution is 5.72. The molecule has 36 heavy (non-hydrogen) atoms. The molecule has 0 amide bonds. The van der Waals surface area contributed by atoms with E-state index in [0.717, 1.165) is 49.1 Å². The van der Waals surface area contributed by atoms with Crippen molar-refractivity contribution in [2.24, 2.45) is 5.92 Å². The van der Waals surface area contributed by atoms with Gasteiger partial charge in [-0.1, -0.05) is 6.92 Å². The van der Waals surface area contributed by atoms with Gasteiger partial charge in [-0.05, 0) is 74.2 Å². The van der Waals surface area contributed by atoms with E-state index in [4.69, 9.17) is 0 Å². The molecule has 0 spiro atoms. The highest BCUT2D eigenvalue weighted by Gasteiger charge is 2.26. The number of benzene rings is 2. The molecule has 4 aromatic rings. The van der Waals surface area contributed by atoms with Crippen molar-refractivity contribution >= 4 is 5.69 Å². The van der Waals surface area contributed by atoms with E-state index < -0.39 is 11.6 Å². The Morgan fingerprint density at radius 2 is 2.03 bits per heavy atom. The van der Waals surface area contributed by atoms with E-state index in [1.54, 1.807) is 6.33 Å². The van der Waals surface area contributed by atoms with Crippen molar-refractivity contribution < 1.29 is 8.78 Å². The van der Waals surface area contributed by atoms with Gasteiger partial charge in [0.05, 0.1) is 11.4 Å². The van der Waals surface area contributed by atoms with Crippen molar-refractivity contribution in [2.75, 3.05) is 24.5 Å². The van der Waals surface area contributed by atoms with Crippen molar-refractivity contribution in [2.45, 2.75) is 39.3 Å². The molecule has 0 saturated carbocycles. The van der Waals surface area contributed by atoms with Gasteiger partial charge in [0.15, 0.2) is 5.82 Å². The Labute approximate surface area is 209 Å². The highest BCUT2D eigenvalue weighted by Crippen LogP contribution is 2.36. The van der Waals surface area contributed by atoms with Gasteiger partial charge in [0.25, 0.3) is 0 Å². The Kier molecular flexibility index (Phi) is 5.84. The van der Waals surface area contributed by atoms with Crippen LogP contribution >= 0.6 is 0 Å². The molecule has 1 saturated heterocycles. The van der Waals surface area contributed by atoms with E-state index >= 15 is 0 Å². The number of aromatic nitrogens is 4. The van der Waals surface area contributed by atoms with Crippen LogP contribution in [0.4, 0.5) is 14.5 Å². The summed E-state index contributed by atoms with van der Waals surface area (Å²) in [5.41, 5.74) is 5.24. The lowest BCUT2D eigenvalue weighted by Crippen LogP contribution is -2.32. The maximum Gasteiger partial charge on any atom is 0.179 e. The zero-order valence-electron chi connectivity index (χ0n) is 20.6. The minimum atomic E-state index is -0.585. The van der Waals surface area contributed by atoms with Gasteiger partial charge in [-0.3, -0.25) is 0 Å². The number of hydrogen-bond acceptors (Lipinski definition) is 4. The van der Waals surface area contributed by atoms with E-state index in [-0.39, 0.29) is 0 Å². The summed E-state index contributed by atoms with van der Waals surface area (Å²) in [6, 6.07) is 12.7. The number of anilines is 1. The van der Waals surface area contributed by atoms with Crippen LogP contribution in [-0.4, -0.2) is 45.0 Å². The van der Waals surface area contributed by atoms with Gasteiger partial charge in [0.1, 0.15) is 18.0 Å². The maximum atomic E-state index is 14.5. The second-order valence-electron chi connectivity index (χ2n) is 9.99. The number of halogens is 2. The Hall–Kier alpha value is -3.52. The molecule has 8 heteroatoms. The summed E-state index contributed by atoms with van der Waals surface area (Å²) in [4.78, 5) is 6.98. The molecule has 186 valence electrons. The number of nitrogens with one attached hydrogen (secondary N) is 1. The smallest absolute Gasteiger partial charge is 0.179 e. The SMILES string of the molecule is CC[C@@H](C)NC[C@@H]1CCN(c2ccc3c(c2)Cn2cc(-c4ccc(F)cc4F)cc2-c2ncnn2-3)C1. The molecule has 2 aromatic carbocycles. The molecule has 1 fully saturated rings. The lowest BCUT2D eigenvalue weighted by Gasteiger charge is -2.21. The lowest BCUT2D eigenvalue weighted by atomic mass is 10.1. The van der Waals surface area contributed by atoms with Crippen LogP contribution in [0.1, 0.15) is 32.3 Å². The van der Waals surface area contributed by atoms with Crippen LogP contribution in [-0.2, 0) is 6.54 Å². The largest absolute Gasteiger partial charge is 0.371 e. The molecule has 6 nitrogen and oxygen atoms in total. The quantitative estimate of drug-likeness (QED) is 0.354. The monoisotopic (exact) mass is 488 g/mol. The first-order valence-electron chi connectivity index (χ1n) is 12.7. The van der Waals surface area contributed by atoms with Gasteiger partial charge in [0, 0.05) is 54.8 Å². The summed E-state index contributed by atoms with van der Waals surface area (Å²) in [6.45, 7) is 8.20. The minimum absolute atomic E-state index is 0.367.